The van der Waals surface area contributed by atoms with Crippen LogP contribution in [-0.4, -0.2) is 17.0 Å². The lowest BCUT2D eigenvalue weighted by Crippen LogP contribution is -2.28. The van der Waals surface area contributed by atoms with E-state index in [2.05, 4.69) is 0 Å². The van der Waals surface area contributed by atoms with Gasteiger partial charge in [0.25, 0.3) is 0 Å². The van der Waals surface area contributed by atoms with Crippen LogP contribution < -0.4 is 5.73 Å². The molecule has 3 N–H and O–H groups in total. The SMILES string of the molecule is NC(=O)C1CCc2ccc(Cl)cc2C1.O=C(O)C1CCc2ccc(Cl)cc2C1. The molecule has 0 bridgehead atoms. The van der Waals surface area contributed by atoms with Crippen molar-refractivity contribution >= 4 is 35.1 Å². The second kappa shape index (κ2) is 8.97. The van der Waals surface area contributed by atoms with Crippen molar-refractivity contribution in [2.24, 2.45) is 17.6 Å². The van der Waals surface area contributed by atoms with Gasteiger partial charge in [-0.1, -0.05) is 35.3 Å². The zero-order valence-corrected chi connectivity index (χ0v) is 17.0. The predicted molar refractivity (Wildman–Crippen MR) is 111 cm³/mol. The van der Waals surface area contributed by atoms with E-state index in [0.29, 0.717) is 11.4 Å². The molecule has 4 rings (SSSR count). The van der Waals surface area contributed by atoms with E-state index in [1.165, 1.54) is 16.7 Å². The van der Waals surface area contributed by atoms with Crippen molar-refractivity contribution in [1.29, 1.82) is 0 Å². The Balaban J connectivity index is 0.000000161. The average molecular weight is 420 g/mol. The van der Waals surface area contributed by atoms with Crippen molar-refractivity contribution in [1.82, 2.24) is 0 Å². The molecule has 0 fully saturated rings. The molecule has 2 atom stereocenters. The minimum atomic E-state index is -0.698. The lowest BCUT2D eigenvalue weighted by atomic mass is 9.83. The topological polar surface area (TPSA) is 80.4 Å². The molecule has 0 radical (unpaired) electrons. The second-order valence-electron chi connectivity index (χ2n) is 7.45. The highest BCUT2D eigenvalue weighted by Gasteiger charge is 2.24. The molecule has 0 saturated heterocycles. The quantitative estimate of drug-likeness (QED) is 0.753. The Morgan fingerprint density at radius 2 is 1.29 bits per heavy atom. The van der Waals surface area contributed by atoms with Gasteiger partial charge in [0.15, 0.2) is 0 Å². The summed E-state index contributed by atoms with van der Waals surface area (Å²) >= 11 is 11.7. The van der Waals surface area contributed by atoms with Crippen LogP contribution in [0, 0.1) is 11.8 Å². The van der Waals surface area contributed by atoms with Gasteiger partial charge < -0.3 is 10.8 Å². The number of amides is 1. The number of carboxylic acids is 1. The first-order chi connectivity index (χ1) is 13.3. The van der Waals surface area contributed by atoms with Crippen molar-refractivity contribution in [2.45, 2.75) is 38.5 Å². The Labute approximate surface area is 174 Å². The Morgan fingerprint density at radius 3 is 1.75 bits per heavy atom. The first kappa shape index (κ1) is 20.7. The van der Waals surface area contributed by atoms with Gasteiger partial charge >= 0.3 is 5.97 Å². The molecular formula is C22H23Cl2NO3. The number of primary amides is 1. The van der Waals surface area contributed by atoms with Crippen LogP contribution >= 0.6 is 23.2 Å². The Kier molecular flexibility index (Phi) is 6.63. The summed E-state index contributed by atoms with van der Waals surface area (Å²) in [5.74, 6) is -1.15. The third-order valence-corrected chi connectivity index (χ3v) is 6.02. The fourth-order valence-electron chi connectivity index (χ4n) is 3.90. The van der Waals surface area contributed by atoms with E-state index < -0.39 is 5.97 Å². The molecular weight excluding hydrogens is 397 g/mol. The Bertz CT molecular complexity index is 824. The summed E-state index contributed by atoms with van der Waals surface area (Å²) in [6.45, 7) is 0. The van der Waals surface area contributed by atoms with Crippen LogP contribution in [0.4, 0.5) is 0 Å². The maximum Gasteiger partial charge on any atom is 0.306 e. The second-order valence-corrected chi connectivity index (χ2v) is 8.32. The van der Waals surface area contributed by atoms with E-state index in [0.717, 1.165) is 42.7 Å². The van der Waals surface area contributed by atoms with Crippen molar-refractivity contribution in [2.75, 3.05) is 0 Å². The van der Waals surface area contributed by atoms with Gasteiger partial charge in [0.1, 0.15) is 0 Å². The molecule has 4 nitrogen and oxygen atoms in total. The predicted octanol–water partition coefficient (Wildman–Crippen LogP) is 4.46. The average Bonchev–Trinajstić information content (AvgIpc) is 2.67. The number of aliphatic carboxylic acids is 1. The lowest BCUT2D eigenvalue weighted by molar-refractivity contribution is -0.142. The van der Waals surface area contributed by atoms with Crippen molar-refractivity contribution < 1.29 is 14.7 Å². The molecule has 2 aromatic rings. The van der Waals surface area contributed by atoms with E-state index in [1.54, 1.807) is 0 Å². The number of fused-ring (bicyclic) bond motifs is 2. The fourth-order valence-corrected chi connectivity index (χ4v) is 4.29. The van der Waals surface area contributed by atoms with Crippen LogP contribution in [-0.2, 0) is 35.3 Å². The molecule has 0 aliphatic heterocycles. The van der Waals surface area contributed by atoms with Gasteiger partial charge in [-0.3, -0.25) is 9.59 Å². The van der Waals surface area contributed by atoms with Crippen LogP contribution in [0.25, 0.3) is 0 Å². The van der Waals surface area contributed by atoms with Crippen LogP contribution in [0.3, 0.4) is 0 Å². The largest absolute Gasteiger partial charge is 0.481 e. The van der Waals surface area contributed by atoms with Gasteiger partial charge in [0.2, 0.25) is 5.91 Å². The van der Waals surface area contributed by atoms with E-state index in [4.69, 9.17) is 34.0 Å². The Morgan fingerprint density at radius 1 is 0.821 bits per heavy atom. The molecule has 2 unspecified atom stereocenters. The molecule has 148 valence electrons. The fraction of sp³-hybridized carbons (Fsp3) is 0.364. The molecule has 1 amide bonds. The first-order valence-corrected chi connectivity index (χ1v) is 10.2. The highest BCUT2D eigenvalue weighted by atomic mass is 35.5. The smallest absolute Gasteiger partial charge is 0.306 e. The summed E-state index contributed by atoms with van der Waals surface area (Å²) in [6, 6.07) is 11.6. The molecule has 2 aliphatic rings. The number of carbonyl (C=O) groups excluding carboxylic acids is 1. The number of rotatable bonds is 2. The van der Waals surface area contributed by atoms with Gasteiger partial charge in [0.05, 0.1) is 5.92 Å². The molecule has 6 heteroatoms. The van der Waals surface area contributed by atoms with Crippen molar-refractivity contribution in [3.8, 4) is 0 Å². The minimum Gasteiger partial charge on any atom is -0.481 e. The molecule has 0 heterocycles. The summed E-state index contributed by atoms with van der Waals surface area (Å²) in [5, 5.41) is 10.3. The molecule has 0 saturated carbocycles. The van der Waals surface area contributed by atoms with Crippen LogP contribution in [0.1, 0.15) is 35.1 Å². The monoisotopic (exact) mass is 419 g/mol. The number of nitrogens with two attached hydrogens (primary N) is 1. The highest BCUT2D eigenvalue weighted by Crippen LogP contribution is 2.28. The minimum absolute atomic E-state index is 0.0130. The van der Waals surface area contributed by atoms with Gasteiger partial charge in [-0.05, 0) is 85.0 Å². The first-order valence-electron chi connectivity index (χ1n) is 9.40. The standard InChI is InChI=1S/C11H12ClNO.C11H11ClO2/c2*12-10-4-3-7-1-2-8(11(13)14)5-9(7)6-10/h3-4,6,8H,1-2,5H2,(H2,13,14);3-4,6,8H,1-2,5H2,(H,13,14). The molecule has 0 aromatic heterocycles. The summed E-state index contributed by atoms with van der Waals surface area (Å²) < 4.78 is 0. The molecule has 28 heavy (non-hydrogen) atoms. The number of carbonyl (C=O) groups is 2. The van der Waals surface area contributed by atoms with Gasteiger partial charge in [-0.25, -0.2) is 0 Å². The number of benzene rings is 2. The van der Waals surface area contributed by atoms with Gasteiger partial charge in [-0.15, -0.1) is 0 Å². The maximum absolute atomic E-state index is 11.0. The summed E-state index contributed by atoms with van der Waals surface area (Å²) in [5.41, 5.74) is 10.1. The Hall–Kier alpha value is -2.04. The van der Waals surface area contributed by atoms with Crippen LogP contribution in [0.15, 0.2) is 36.4 Å². The number of hydrogen-bond donors (Lipinski definition) is 2. The van der Waals surface area contributed by atoms with Crippen molar-refractivity contribution in [3.63, 3.8) is 0 Å². The number of carboxylic acid groups (broad SMARTS) is 1. The van der Waals surface area contributed by atoms with Gasteiger partial charge in [0, 0.05) is 16.0 Å². The summed E-state index contributed by atoms with van der Waals surface area (Å²) in [7, 11) is 0. The number of aryl methyl sites for hydroxylation is 2. The van der Waals surface area contributed by atoms with Crippen molar-refractivity contribution in [3.05, 3.63) is 68.7 Å². The van der Waals surface area contributed by atoms with E-state index in [-0.39, 0.29) is 17.7 Å². The zero-order chi connectivity index (χ0) is 20.3. The third-order valence-electron chi connectivity index (χ3n) is 5.55. The highest BCUT2D eigenvalue weighted by molar-refractivity contribution is 6.30. The zero-order valence-electron chi connectivity index (χ0n) is 15.5. The third kappa shape index (κ3) is 5.06. The molecule has 0 spiro atoms. The lowest BCUT2D eigenvalue weighted by Gasteiger charge is -2.22. The maximum atomic E-state index is 11.0. The molecule has 2 aliphatic carbocycles. The van der Waals surface area contributed by atoms with Crippen LogP contribution in [0.2, 0.25) is 10.0 Å². The summed E-state index contributed by atoms with van der Waals surface area (Å²) in [4.78, 5) is 21.9. The van der Waals surface area contributed by atoms with E-state index >= 15 is 0 Å². The van der Waals surface area contributed by atoms with E-state index in [9.17, 15) is 9.59 Å². The normalized spacial score (nSPS) is 20.2. The number of hydrogen-bond acceptors (Lipinski definition) is 2. The van der Waals surface area contributed by atoms with E-state index in [1.807, 2.05) is 36.4 Å². The summed E-state index contributed by atoms with van der Waals surface area (Å²) in [6.07, 6.45) is 4.74. The van der Waals surface area contributed by atoms with Crippen LogP contribution in [0.5, 0.6) is 0 Å². The molecule has 2 aromatic carbocycles. The van der Waals surface area contributed by atoms with Gasteiger partial charge in [-0.2, -0.15) is 0 Å². The number of halogens is 2.